The molecule has 0 aliphatic heterocycles. The van der Waals surface area contributed by atoms with Crippen LogP contribution in [0.3, 0.4) is 0 Å². The number of primary amides is 1. The molecule has 22 heavy (non-hydrogen) atoms. The highest BCUT2D eigenvalue weighted by atomic mass is 16.4. The summed E-state index contributed by atoms with van der Waals surface area (Å²) >= 11 is 0. The van der Waals surface area contributed by atoms with Crippen molar-refractivity contribution in [3.05, 3.63) is 47.3 Å². The zero-order valence-electron chi connectivity index (χ0n) is 12.6. The van der Waals surface area contributed by atoms with E-state index in [1.165, 1.54) is 0 Å². The Labute approximate surface area is 128 Å². The number of hydrogen-bond acceptors (Lipinski definition) is 4. The van der Waals surface area contributed by atoms with Crippen molar-refractivity contribution in [2.75, 3.05) is 0 Å². The third-order valence-electron chi connectivity index (χ3n) is 3.99. The van der Waals surface area contributed by atoms with Crippen molar-refractivity contribution >= 4 is 11.6 Å². The summed E-state index contributed by atoms with van der Waals surface area (Å²) in [7, 11) is 0. The fourth-order valence-corrected chi connectivity index (χ4v) is 2.93. The van der Waals surface area contributed by atoms with E-state index in [0.717, 1.165) is 23.4 Å². The van der Waals surface area contributed by atoms with Crippen molar-refractivity contribution in [2.45, 2.75) is 26.7 Å². The van der Waals surface area contributed by atoms with Crippen molar-refractivity contribution < 1.29 is 10.0 Å². The lowest BCUT2D eigenvalue weighted by Crippen LogP contribution is -2.28. The minimum atomic E-state index is -0.454. The lowest BCUT2D eigenvalue weighted by atomic mass is 9.76. The van der Waals surface area contributed by atoms with Gasteiger partial charge in [-0.25, -0.2) is 4.68 Å². The molecule has 0 atom stereocenters. The molecule has 0 bridgehead atoms. The van der Waals surface area contributed by atoms with Crippen molar-refractivity contribution in [3.8, 4) is 5.69 Å². The summed E-state index contributed by atoms with van der Waals surface area (Å²) in [6.45, 7) is 4.27. The largest absolute Gasteiger partial charge is 0.411 e. The van der Waals surface area contributed by atoms with Gasteiger partial charge in [-0.1, -0.05) is 19.0 Å². The first-order valence-corrected chi connectivity index (χ1v) is 7.10. The first-order valence-electron chi connectivity index (χ1n) is 7.10. The number of aromatic nitrogens is 2. The maximum Gasteiger partial charge on any atom is 0.248 e. The van der Waals surface area contributed by atoms with Crippen LogP contribution in [0.2, 0.25) is 0 Å². The molecular weight excluding hydrogens is 280 g/mol. The second-order valence-electron chi connectivity index (χ2n) is 6.39. The third kappa shape index (κ3) is 2.36. The van der Waals surface area contributed by atoms with Crippen LogP contribution in [0, 0.1) is 5.41 Å². The fraction of sp³-hybridized carbons (Fsp3) is 0.312. The SMILES string of the molecule is CC1(C)C/C(=N/O)c2cnn(-c3ccc(C(N)=O)cc3)c2C1. The summed E-state index contributed by atoms with van der Waals surface area (Å²) in [5, 5.41) is 17.1. The van der Waals surface area contributed by atoms with Crippen LogP contribution in [0.25, 0.3) is 5.69 Å². The number of nitrogens with zero attached hydrogens (tertiary/aromatic N) is 3. The molecule has 2 aromatic rings. The number of nitrogens with two attached hydrogens (primary N) is 1. The predicted octanol–water partition coefficient (Wildman–Crippen LogP) is 2.12. The first kappa shape index (κ1) is 14.3. The van der Waals surface area contributed by atoms with Gasteiger partial charge in [0.2, 0.25) is 5.91 Å². The zero-order chi connectivity index (χ0) is 15.9. The zero-order valence-corrected chi connectivity index (χ0v) is 12.6. The van der Waals surface area contributed by atoms with Crippen LogP contribution in [0.5, 0.6) is 0 Å². The summed E-state index contributed by atoms with van der Waals surface area (Å²) in [5.41, 5.74) is 9.11. The minimum Gasteiger partial charge on any atom is -0.411 e. The molecule has 6 nitrogen and oxygen atoms in total. The average Bonchev–Trinajstić information content (AvgIpc) is 2.88. The van der Waals surface area contributed by atoms with Crippen LogP contribution in [-0.4, -0.2) is 26.6 Å². The lowest BCUT2D eigenvalue weighted by molar-refractivity contribution is 0.100. The molecule has 0 radical (unpaired) electrons. The molecule has 0 saturated heterocycles. The van der Waals surface area contributed by atoms with Gasteiger partial charge >= 0.3 is 0 Å². The number of oxime groups is 1. The van der Waals surface area contributed by atoms with Crippen LogP contribution >= 0.6 is 0 Å². The van der Waals surface area contributed by atoms with E-state index in [0.29, 0.717) is 17.7 Å². The van der Waals surface area contributed by atoms with Crippen molar-refractivity contribution in [1.82, 2.24) is 9.78 Å². The maximum absolute atomic E-state index is 11.2. The first-order chi connectivity index (χ1) is 10.4. The normalized spacial score (nSPS) is 18.2. The average molecular weight is 298 g/mol. The monoisotopic (exact) mass is 298 g/mol. The van der Waals surface area contributed by atoms with E-state index in [1.807, 2.05) is 16.8 Å². The van der Waals surface area contributed by atoms with Gasteiger partial charge in [-0.2, -0.15) is 5.10 Å². The third-order valence-corrected chi connectivity index (χ3v) is 3.99. The molecule has 0 fully saturated rings. The van der Waals surface area contributed by atoms with E-state index >= 15 is 0 Å². The van der Waals surface area contributed by atoms with Crippen LogP contribution in [0.15, 0.2) is 35.6 Å². The summed E-state index contributed by atoms with van der Waals surface area (Å²) in [4.78, 5) is 11.2. The smallest absolute Gasteiger partial charge is 0.248 e. The Morgan fingerprint density at radius 2 is 2.00 bits per heavy atom. The highest BCUT2D eigenvalue weighted by Crippen LogP contribution is 2.35. The van der Waals surface area contributed by atoms with Crippen LogP contribution in [-0.2, 0) is 6.42 Å². The van der Waals surface area contributed by atoms with Gasteiger partial charge in [-0.3, -0.25) is 4.79 Å². The summed E-state index contributed by atoms with van der Waals surface area (Å²) in [6.07, 6.45) is 3.27. The summed E-state index contributed by atoms with van der Waals surface area (Å²) < 4.78 is 1.83. The molecule has 0 spiro atoms. The predicted molar refractivity (Wildman–Crippen MR) is 82.5 cm³/mol. The molecule has 3 N–H and O–H groups in total. The van der Waals surface area contributed by atoms with Gasteiger partial charge in [-0.15, -0.1) is 0 Å². The molecule has 1 aliphatic rings. The highest BCUT2D eigenvalue weighted by molar-refractivity contribution is 6.02. The van der Waals surface area contributed by atoms with E-state index in [4.69, 9.17) is 5.73 Å². The van der Waals surface area contributed by atoms with Crippen molar-refractivity contribution in [3.63, 3.8) is 0 Å². The number of hydrogen-bond donors (Lipinski definition) is 2. The van der Waals surface area contributed by atoms with Gasteiger partial charge < -0.3 is 10.9 Å². The van der Waals surface area contributed by atoms with Crippen molar-refractivity contribution in [2.24, 2.45) is 16.3 Å². The molecule has 0 unspecified atom stereocenters. The topological polar surface area (TPSA) is 93.5 Å². The number of amides is 1. The molecular formula is C16H18N4O2. The Kier molecular flexibility index (Phi) is 3.24. The molecule has 114 valence electrons. The fourth-order valence-electron chi connectivity index (χ4n) is 2.93. The Morgan fingerprint density at radius 3 is 2.59 bits per heavy atom. The molecule has 1 aromatic heterocycles. The Morgan fingerprint density at radius 1 is 1.32 bits per heavy atom. The van der Waals surface area contributed by atoms with E-state index in [1.54, 1.807) is 18.3 Å². The maximum atomic E-state index is 11.2. The Bertz CT molecular complexity index is 757. The van der Waals surface area contributed by atoms with E-state index < -0.39 is 5.91 Å². The molecule has 1 aromatic carbocycles. The summed E-state index contributed by atoms with van der Waals surface area (Å²) in [6, 6.07) is 6.98. The molecule has 1 heterocycles. The second-order valence-corrected chi connectivity index (χ2v) is 6.39. The van der Waals surface area contributed by atoms with E-state index in [-0.39, 0.29) is 5.41 Å². The second kappa shape index (κ2) is 4.98. The Balaban J connectivity index is 2.07. The number of rotatable bonds is 2. The summed E-state index contributed by atoms with van der Waals surface area (Å²) in [5.74, 6) is -0.454. The van der Waals surface area contributed by atoms with Crippen LogP contribution in [0.1, 0.15) is 41.9 Å². The van der Waals surface area contributed by atoms with Gasteiger partial charge in [0.05, 0.1) is 23.3 Å². The number of benzene rings is 1. The van der Waals surface area contributed by atoms with Gasteiger partial charge in [0, 0.05) is 11.1 Å². The quantitative estimate of drug-likeness (QED) is 0.657. The number of carbonyl (C=O) groups is 1. The molecule has 0 saturated carbocycles. The molecule has 1 amide bonds. The van der Waals surface area contributed by atoms with Crippen molar-refractivity contribution in [1.29, 1.82) is 0 Å². The van der Waals surface area contributed by atoms with Gasteiger partial charge in [0.25, 0.3) is 0 Å². The molecule has 3 rings (SSSR count). The van der Waals surface area contributed by atoms with Crippen LogP contribution < -0.4 is 5.73 Å². The minimum absolute atomic E-state index is 0.000484. The molecule has 6 heteroatoms. The van der Waals surface area contributed by atoms with Gasteiger partial charge in [-0.05, 0) is 42.5 Å². The van der Waals surface area contributed by atoms with Gasteiger partial charge in [0.15, 0.2) is 0 Å². The van der Waals surface area contributed by atoms with E-state index in [9.17, 15) is 10.0 Å². The number of fused-ring (bicyclic) bond motifs is 1. The molecule has 1 aliphatic carbocycles. The lowest BCUT2D eigenvalue weighted by Gasteiger charge is -2.30. The van der Waals surface area contributed by atoms with Crippen LogP contribution in [0.4, 0.5) is 0 Å². The van der Waals surface area contributed by atoms with E-state index in [2.05, 4.69) is 24.1 Å². The van der Waals surface area contributed by atoms with Gasteiger partial charge in [0.1, 0.15) is 0 Å². The standard InChI is InChI=1S/C16H18N4O2/c1-16(2)7-13(19-22)12-9-18-20(14(12)8-16)11-5-3-10(4-6-11)15(17)21/h3-6,9,22H,7-8H2,1-2H3,(H2,17,21)/b19-13-. The highest BCUT2D eigenvalue weighted by Gasteiger charge is 2.33. The Hall–Kier alpha value is -2.63. The number of carbonyl (C=O) groups excluding carboxylic acids is 1.